The van der Waals surface area contributed by atoms with Gasteiger partial charge in [0, 0.05) is 48.1 Å². The van der Waals surface area contributed by atoms with Crippen molar-refractivity contribution in [3.8, 4) is 6.07 Å². The molecule has 0 spiro atoms. The zero-order chi connectivity index (χ0) is 35.8. The molecular weight excluding hydrogens is 679 g/mol. The van der Waals surface area contributed by atoms with E-state index in [2.05, 4.69) is 15.9 Å². The van der Waals surface area contributed by atoms with Crippen LogP contribution in [0.1, 0.15) is 60.8 Å². The van der Waals surface area contributed by atoms with Crippen molar-refractivity contribution in [1.82, 2.24) is 15.1 Å². The van der Waals surface area contributed by atoms with Crippen molar-refractivity contribution in [2.45, 2.75) is 69.7 Å². The molecule has 5 rings (SSSR count). The summed E-state index contributed by atoms with van der Waals surface area (Å²) in [5, 5.41) is 12.4. The molecule has 258 valence electrons. The topological polar surface area (TPSA) is 160 Å². The van der Waals surface area contributed by atoms with Crippen LogP contribution in [0.2, 0.25) is 0 Å². The van der Waals surface area contributed by atoms with Crippen molar-refractivity contribution in [2.24, 2.45) is 0 Å². The molecule has 3 heterocycles. The van der Waals surface area contributed by atoms with Crippen LogP contribution in [0.3, 0.4) is 0 Å². The number of benzene rings is 2. The number of carbonyl (C=O) groups is 4. The van der Waals surface area contributed by atoms with E-state index in [4.69, 9.17) is 4.89 Å². The number of likely N-dealkylation sites (N-methyl/N-ethyl adjacent to an activating group) is 1. The van der Waals surface area contributed by atoms with E-state index in [1.807, 2.05) is 0 Å². The number of amides is 4. The molecule has 4 atom stereocenters. The van der Waals surface area contributed by atoms with Crippen molar-refractivity contribution in [3.63, 3.8) is 0 Å². The minimum Gasteiger partial charge on any atom is -0.340 e. The number of hydrogen-bond acceptors (Lipinski definition) is 8. The maximum absolute atomic E-state index is 14.3. The van der Waals surface area contributed by atoms with Crippen LogP contribution in [0.25, 0.3) is 10.1 Å². The molecule has 2 saturated heterocycles. The lowest BCUT2D eigenvalue weighted by molar-refractivity contribution is -0.185. The minimum absolute atomic E-state index is 0.0993. The van der Waals surface area contributed by atoms with Crippen molar-refractivity contribution >= 4 is 59.0 Å². The van der Waals surface area contributed by atoms with Crippen LogP contribution in [0.5, 0.6) is 0 Å². The van der Waals surface area contributed by atoms with Crippen LogP contribution >= 0.6 is 19.6 Å². The first-order valence-corrected chi connectivity index (χ1v) is 17.4. The number of rotatable bonds is 8. The Morgan fingerprint density at radius 3 is 2.41 bits per heavy atom. The standard InChI is InChI=1S/C33H34F2N5O7PS/c1-19(41)39-14-13-24-10-11-26(31(44)38(4)23-8-5-21(6-9-23)32(2,3)18-36)40(24)30(43)25(17-39)37-29(42)28-16-20-15-22(7-12-27(20)49-28)33(34,35)47-48(45)46/h5-9,12,15-16,24-26H,10-11,13-14,17H2,1-4H3,(H-,37,42,45,46)/p+1/t24-,25+,26+/m1/s1. The Morgan fingerprint density at radius 1 is 1.10 bits per heavy atom. The fourth-order valence-corrected chi connectivity index (χ4v) is 7.49. The summed E-state index contributed by atoms with van der Waals surface area (Å²) >= 11 is 0.986. The Bertz CT molecular complexity index is 1860. The first-order valence-electron chi connectivity index (χ1n) is 15.5. The van der Waals surface area contributed by atoms with E-state index in [1.165, 1.54) is 33.8 Å². The van der Waals surface area contributed by atoms with Crippen molar-refractivity contribution in [3.05, 3.63) is 64.5 Å². The molecule has 2 N–H and O–H groups in total. The molecular formula is C33H35F2N5O7PS+. The quantitative estimate of drug-likeness (QED) is 0.315. The third-order valence-electron chi connectivity index (χ3n) is 9.08. The molecule has 0 saturated carbocycles. The van der Waals surface area contributed by atoms with Gasteiger partial charge in [0.1, 0.15) is 12.1 Å². The second-order valence-electron chi connectivity index (χ2n) is 12.7. The van der Waals surface area contributed by atoms with Gasteiger partial charge in [0.15, 0.2) is 0 Å². The normalized spacial score (nSPS) is 20.2. The largest absolute Gasteiger partial charge is 0.701 e. The van der Waals surface area contributed by atoms with Crippen LogP contribution in [-0.4, -0.2) is 76.6 Å². The van der Waals surface area contributed by atoms with Gasteiger partial charge in [0.05, 0.1) is 21.9 Å². The van der Waals surface area contributed by atoms with Gasteiger partial charge < -0.3 is 20.0 Å². The summed E-state index contributed by atoms with van der Waals surface area (Å²) in [4.78, 5) is 67.5. The number of fused-ring (bicyclic) bond motifs is 2. The Balaban J connectivity index is 1.38. The van der Waals surface area contributed by atoms with Crippen LogP contribution in [-0.2, 0) is 35.0 Å². The first-order chi connectivity index (χ1) is 23.0. The van der Waals surface area contributed by atoms with Gasteiger partial charge in [-0.1, -0.05) is 12.1 Å². The highest BCUT2D eigenvalue weighted by Gasteiger charge is 2.46. The lowest BCUT2D eigenvalue weighted by atomic mass is 9.86. The van der Waals surface area contributed by atoms with Crippen LogP contribution in [0.4, 0.5) is 14.5 Å². The van der Waals surface area contributed by atoms with E-state index in [-0.39, 0.29) is 34.7 Å². The third-order valence-corrected chi connectivity index (χ3v) is 10.6. The molecule has 2 fully saturated rings. The summed E-state index contributed by atoms with van der Waals surface area (Å²) in [7, 11) is -1.96. The van der Waals surface area contributed by atoms with Gasteiger partial charge in [-0.15, -0.1) is 16.2 Å². The minimum atomic E-state index is -4.05. The van der Waals surface area contributed by atoms with E-state index in [0.717, 1.165) is 29.0 Å². The SMILES string of the molecule is CC(=O)N1CC[C@H]2CC[C@@H](C(=O)N(C)c3ccc(C(C)(C)C#N)cc3)N2C(=O)[C@@H](NC(=O)c2cc3cc(C(F)(F)O[P+](=O)O)ccc3s2)C1. The van der Waals surface area contributed by atoms with E-state index in [9.17, 15) is 37.8 Å². The summed E-state index contributed by atoms with van der Waals surface area (Å²) in [6.45, 7) is 5.14. The molecule has 1 unspecified atom stereocenters. The average Bonchev–Trinajstić information content (AvgIpc) is 3.68. The summed E-state index contributed by atoms with van der Waals surface area (Å²) in [6, 6.07) is 11.7. The van der Waals surface area contributed by atoms with Gasteiger partial charge in [0.2, 0.25) is 17.7 Å². The number of thiophene rings is 1. The fourth-order valence-electron chi connectivity index (χ4n) is 6.24. The van der Waals surface area contributed by atoms with E-state index in [0.29, 0.717) is 36.2 Å². The number of halogens is 2. The lowest BCUT2D eigenvalue weighted by Gasteiger charge is -2.39. The lowest BCUT2D eigenvalue weighted by Crippen LogP contribution is -2.61. The van der Waals surface area contributed by atoms with Crippen molar-refractivity contribution < 1.29 is 41.9 Å². The fraction of sp³-hybridized carbons (Fsp3) is 0.424. The molecule has 1 aromatic heterocycles. The maximum Gasteiger partial charge on any atom is 0.701 e. The van der Waals surface area contributed by atoms with Gasteiger partial charge in [0.25, 0.3) is 5.91 Å². The molecule has 0 radical (unpaired) electrons. The predicted molar refractivity (Wildman–Crippen MR) is 177 cm³/mol. The summed E-state index contributed by atoms with van der Waals surface area (Å²) in [6.07, 6.45) is -2.68. The van der Waals surface area contributed by atoms with Crippen LogP contribution in [0.15, 0.2) is 48.5 Å². The first kappa shape index (κ1) is 35.9. The highest BCUT2D eigenvalue weighted by Crippen LogP contribution is 2.40. The smallest absolute Gasteiger partial charge is 0.340 e. The molecule has 0 aliphatic carbocycles. The predicted octanol–water partition coefficient (Wildman–Crippen LogP) is 4.79. The Hall–Kier alpha value is -4.35. The molecule has 3 aromatic rings. The summed E-state index contributed by atoms with van der Waals surface area (Å²) < 4.78 is 43.7. The second-order valence-corrected chi connectivity index (χ2v) is 14.4. The maximum atomic E-state index is 14.3. The molecule has 2 aromatic carbocycles. The van der Waals surface area contributed by atoms with Gasteiger partial charge in [-0.05, 0) is 85.0 Å². The van der Waals surface area contributed by atoms with E-state index < -0.39 is 49.2 Å². The van der Waals surface area contributed by atoms with Gasteiger partial charge in [-0.25, -0.2) is 0 Å². The molecule has 0 bridgehead atoms. The van der Waals surface area contributed by atoms with Gasteiger partial charge in [-0.3, -0.25) is 19.2 Å². The summed E-state index contributed by atoms with van der Waals surface area (Å²) in [5.74, 6) is -1.79. The zero-order valence-electron chi connectivity index (χ0n) is 27.2. The zero-order valence-corrected chi connectivity index (χ0v) is 28.9. The number of nitriles is 1. The monoisotopic (exact) mass is 714 g/mol. The van der Waals surface area contributed by atoms with Crippen LogP contribution in [0, 0.1) is 11.3 Å². The highest BCUT2D eigenvalue weighted by atomic mass is 32.1. The number of alkyl halides is 2. The number of anilines is 1. The molecule has 2 aliphatic heterocycles. The van der Waals surface area contributed by atoms with Crippen LogP contribution < -0.4 is 10.2 Å². The third kappa shape index (κ3) is 7.47. The second kappa shape index (κ2) is 13.9. The number of hydrogen-bond donors (Lipinski definition) is 2. The van der Waals surface area contributed by atoms with Gasteiger partial charge in [-0.2, -0.15) is 14.0 Å². The molecule has 16 heteroatoms. The van der Waals surface area contributed by atoms with Gasteiger partial charge >= 0.3 is 14.4 Å². The van der Waals surface area contributed by atoms with Crippen molar-refractivity contribution in [1.29, 1.82) is 5.26 Å². The van der Waals surface area contributed by atoms with E-state index in [1.54, 1.807) is 45.2 Å². The number of nitrogens with one attached hydrogen (secondary N) is 1. The molecule has 49 heavy (non-hydrogen) atoms. The van der Waals surface area contributed by atoms with Crippen molar-refractivity contribution in [2.75, 3.05) is 25.0 Å². The highest BCUT2D eigenvalue weighted by molar-refractivity contribution is 7.32. The molecule has 4 amide bonds. The average molecular weight is 715 g/mol. The Morgan fingerprint density at radius 2 is 1.78 bits per heavy atom. The van der Waals surface area contributed by atoms with E-state index >= 15 is 0 Å². The number of nitrogens with zero attached hydrogens (tertiary/aromatic N) is 4. The summed E-state index contributed by atoms with van der Waals surface area (Å²) in [5.41, 5.74) is -0.0214. The molecule has 12 nitrogen and oxygen atoms in total. The Kier molecular flexibility index (Phi) is 10.2. The Labute approximate surface area is 286 Å². The number of carbonyl (C=O) groups excluding carboxylic acids is 4. The molecule has 2 aliphatic rings.